The molecule has 0 N–H and O–H groups in total. The second-order valence-electron chi connectivity index (χ2n) is 12.6. The minimum absolute atomic E-state index is 0.436. The molecule has 2 heterocycles. The standard InChI is InChI=1S/C57H38N4/c1-5-17-39(18-6-1)43-25-15-27-45(35-43)47-32-34-54(61-52-30-14-13-29-49(52)50-37-46(31-33-53(50)61)41-21-9-3-10-22-41)51(38-47)57-59-55(42-23-11-4-12-24-42)58-56(60-57)48-28-16-26-44(36-48)40-19-7-2-8-20-40/h1-38H/i1D,2D,3D,4D,5D,6D,7D,8D,9D,10D,11D,12D,13D,14D,15D,16D,17D,18D,19D,20D,21D,22D,23D,24D,25D,26D,27D,28D,29D,30D,31D,33D,35D,36D,37D. The molecule has 0 amide bonds. The topological polar surface area (TPSA) is 43.6 Å². The highest BCUT2D eigenvalue weighted by Gasteiger charge is 2.21. The molecule has 0 aliphatic carbocycles. The van der Waals surface area contributed by atoms with Gasteiger partial charge in [-0.05, 0) is 86.9 Å². The van der Waals surface area contributed by atoms with Gasteiger partial charge < -0.3 is 4.57 Å². The van der Waals surface area contributed by atoms with Crippen LogP contribution < -0.4 is 0 Å². The fourth-order valence-electron chi connectivity index (χ4n) is 6.35. The summed E-state index contributed by atoms with van der Waals surface area (Å²) < 4.78 is 314. The van der Waals surface area contributed by atoms with E-state index in [0.717, 1.165) is 22.8 Å². The van der Waals surface area contributed by atoms with Gasteiger partial charge in [0.15, 0.2) is 17.5 Å². The average Bonchev–Trinajstić information content (AvgIpc) is 1.53. The molecule has 2 aromatic heterocycles. The van der Waals surface area contributed by atoms with Gasteiger partial charge in [0.2, 0.25) is 0 Å². The molecule has 0 fully saturated rings. The molecule has 0 bridgehead atoms. The Labute approximate surface area is 404 Å². The molecule has 4 nitrogen and oxygen atoms in total. The van der Waals surface area contributed by atoms with E-state index < -0.39 is 318 Å². The van der Waals surface area contributed by atoms with Crippen LogP contribution in [0.1, 0.15) is 48.0 Å². The Morgan fingerprint density at radius 2 is 0.754 bits per heavy atom. The molecule has 61 heavy (non-hydrogen) atoms. The van der Waals surface area contributed by atoms with E-state index in [2.05, 4.69) is 15.0 Å². The fourth-order valence-corrected chi connectivity index (χ4v) is 6.35. The number of hydrogen-bond donors (Lipinski definition) is 0. The van der Waals surface area contributed by atoms with Crippen LogP contribution in [0.3, 0.4) is 0 Å². The van der Waals surface area contributed by atoms with E-state index in [-0.39, 0.29) is 0 Å². The van der Waals surface area contributed by atoms with Crippen molar-refractivity contribution < 1.29 is 48.0 Å². The predicted molar refractivity (Wildman–Crippen MR) is 252 cm³/mol. The lowest BCUT2D eigenvalue weighted by Crippen LogP contribution is -2.04. The molecule has 11 rings (SSSR count). The van der Waals surface area contributed by atoms with Gasteiger partial charge >= 0.3 is 0 Å². The first-order valence-electron chi connectivity index (χ1n) is 35.3. The van der Waals surface area contributed by atoms with E-state index in [9.17, 15) is 12.3 Å². The first-order valence-corrected chi connectivity index (χ1v) is 17.8. The smallest absolute Gasteiger partial charge is 0.166 e. The molecule has 0 unspecified atom stereocenters. The maximum Gasteiger partial charge on any atom is 0.166 e. The first kappa shape index (κ1) is 14.8. The third-order valence-corrected chi connectivity index (χ3v) is 9.01. The highest BCUT2D eigenvalue weighted by atomic mass is 15.1. The van der Waals surface area contributed by atoms with E-state index in [1.807, 2.05) is 0 Å². The molecule has 9 aromatic carbocycles. The Morgan fingerprint density at radius 1 is 0.311 bits per heavy atom. The van der Waals surface area contributed by atoms with Crippen molar-refractivity contribution in [3.05, 3.63) is 230 Å². The number of aromatic nitrogens is 4. The molecule has 0 spiro atoms. The monoisotopic (exact) mass is 814 g/mol. The van der Waals surface area contributed by atoms with Gasteiger partial charge in [0.1, 0.15) is 0 Å². The zero-order valence-corrected chi connectivity index (χ0v) is 30.5. The summed E-state index contributed by atoms with van der Waals surface area (Å²) in [6.07, 6.45) is 0. The lowest BCUT2D eigenvalue weighted by Gasteiger charge is -2.17. The molecular weight excluding hydrogens is 741 g/mol. The third kappa shape index (κ3) is 6.86. The summed E-state index contributed by atoms with van der Waals surface area (Å²) in [5, 5.41) is -1.24. The van der Waals surface area contributed by atoms with Gasteiger partial charge in [0.05, 0.1) is 64.7 Å². The second kappa shape index (κ2) is 15.5. The minimum atomic E-state index is -1.09. The molecule has 0 aliphatic rings. The van der Waals surface area contributed by atoms with E-state index in [1.54, 1.807) is 0 Å². The number of rotatable bonds is 8. The summed E-state index contributed by atoms with van der Waals surface area (Å²) in [5.74, 6) is -2.87. The van der Waals surface area contributed by atoms with Gasteiger partial charge in [-0.3, -0.25) is 0 Å². The van der Waals surface area contributed by atoms with E-state index >= 15 is 0 Å². The van der Waals surface area contributed by atoms with Gasteiger partial charge in [-0.2, -0.15) is 0 Å². The van der Waals surface area contributed by atoms with Gasteiger partial charge in [-0.15, -0.1) is 0 Å². The van der Waals surface area contributed by atoms with E-state index in [4.69, 9.17) is 35.6 Å². The van der Waals surface area contributed by atoms with Crippen molar-refractivity contribution in [2.75, 3.05) is 0 Å². The SMILES string of the molecule is [2H]c1c([2H])c([2H])c(-c2nc(-c3cc(-c4c([2H])c([2H])c([2H])c(-c5c([2H])c([2H])c([2H])c([2H])c5[2H])c4[2H])ccc3-n3c4c([2H])c([2H])c([2H])c([2H])c4c4c([2H])c(-c5c([2H])c([2H])c([2H])c([2H])c5[2H])c([2H])c([2H])c43)nc(-c3c([2H])c([2H])c([2H])c(-c4c([2H])c([2H])c([2H])c([2H])c4[2H])c3[2H])n2)c([2H])c1[2H]. The first-order chi connectivity index (χ1) is 44.8. The van der Waals surface area contributed by atoms with Gasteiger partial charge in [0.25, 0.3) is 0 Å². The van der Waals surface area contributed by atoms with Crippen molar-refractivity contribution in [3.8, 4) is 84.4 Å². The zero-order chi connectivity index (χ0) is 71.0. The van der Waals surface area contributed by atoms with Crippen molar-refractivity contribution in [3.63, 3.8) is 0 Å². The minimum Gasteiger partial charge on any atom is -0.309 e. The predicted octanol–water partition coefficient (Wildman–Crippen LogP) is 14.6. The van der Waals surface area contributed by atoms with Crippen molar-refractivity contribution in [1.29, 1.82) is 0 Å². The quantitative estimate of drug-likeness (QED) is 0.153. The Hall–Kier alpha value is -8.21. The third-order valence-electron chi connectivity index (χ3n) is 9.01. The van der Waals surface area contributed by atoms with Crippen LogP contribution in [0.4, 0.5) is 0 Å². The molecule has 0 saturated carbocycles. The van der Waals surface area contributed by atoms with Gasteiger partial charge in [-0.25, -0.2) is 15.0 Å². The maximum atomic E-state index is 9.84. The van der Waals surface area contributed by atoms with Crippen LogP contribution >= 0.6 is 0 Å². The summed E-state index contributed by atoms with van der Waals surface area (Å²) in [5.41, 5.74) is -10.2. The van der Waals surface area contributed by atoms with Crippen LogP contribution in [0.25, 0.3) is 106 Å². The summed E-state index contributed by atoms with van der Waals surface area (Å²) in [6, 6.07) is -30.8. The highest BCUT2D eigenvalue weighted by Crippen LogP contribution is 2.40. The molecular formula is C57H38N4. The van der Waals surface area contributed by atoms with Crippen LogP contribution in [0, 0.1) is 0 Å². The van der Waals surface area contributed by atoms with Gasteiger partial charge in [-0.1, -0.05) is 187 Å². The van der Waals surface area contributed by atoms with Crippen LogP contribution in [0.15, 0.2) is 230 Å². The van der Waals surface area contributed by atoms with Crippen molar-refractivity contribution in [1.82, 2.24) is 19.5 Å². The van der Waals surface area contributed by atoms with Crippen molar-refractivity contribution in [2.24, 2.45) is 0 Å². The Morgan fingerprint density at radius 3 is 1.38 bits per heavy atom. The van der Waals surface area contributed by atoms with Crippen LogP contribution in [-0.2, 0) is 0 Å². The molecule has 0 aliphatic heterocycles. The summed E-state index contributed by atoms with van der Waals surface area (Å²) >= 11 is 0. The highest BCUT2D eigenvalue weighted by molar-refractivity contribution is 6.11. The number of fused-ring (bicyclic) bond motifs is 3. The van der Waals surface area contributed by atoms with E-state index in [0.29, 0.717) is 0 Å². The summed E-state index contributed by atoms with van der Waals surface area (Å²) in [4.78, 5) is 13.6. The molecule has 286 valence electrons. The normalized spacial score (nSPS) is 19.3. The number of nitrogens with zero attached hydrogens (tertiary/aromatic N) is 4. The van der Waals surface area contributed by atoms with Crippen LogP contribution in [0.5, 0.6) is 0 Å². The zero-order valence-electron chi connectivity index (χ0n) is 65.5. The lowest BCUT2D eigenvalue weighted by atomic mass is 9.97. The Balaban J connectivity index is 1.39. The largest absolute Gasteiger partial charge is 0.309 e. The number of hydrogen-bond acceptors (Lipinski definition) is 3. The Kier molecular flexibility index (Phi) is 3.77. The van der Waals surface area contributed by atoms with Crippen molar-refractivity contribution >= 4 is 21.8 Å². The van der Waals surface area contributed by atoms with E-state index in [1.165, 1.54) is 0 Å². The molecule has 4 heteroatoms. The number of para-hydroxylation sites is 1. The van der Waals surface area contributed by atoms with Crippen molar-refractivity contribution in [2.45, 2.75) is 0 Å². The van der Waals surface area contributed by atoms with Crippen LogP contribution in [0.2, 0.25) is 0 Å². The summed E-state index contributed by atoms with van der Waals surface area (Å²) in [6.45, 7) is 0. The van der Waals surface area contributed by atoms with Gasteiger partial charge in [0, 0.05) is 27.5 Å². The fraction of sp³-hybridized carbons (Fsp3) is 0. The molecule has 11 aromatic rings. The summed E-state index contributed by atoms with van der Waals surface area (Å²) in [7, 11) is 0. The second-order valence-corrected chi connectivity index (χ2v) is 12.6. The lowest BCUT2D eigenvalue weighted by molar-refractivity contribution is 1.06. The Bertz CT molecular complexity index is 5320. The molecule has 0 radical (unpaired) electrons. The molecule has 0 atom stereocenters. The number of benzene rings is 9. The average molecular weight is 814 g/mol. The maximum absolute atomic E-state index is 9.84. The molecule has 0 saturated heterocycles. The van der Waals surface area contributed by atoms with Crippen LogP contribution in [-0.4, -0.2) is 19.5 Å².